The van der Waals surface area contributed by atoms with Crippen LogP contribution in [0.1, 0.15) is 20.3 Å². The summed E-state index contributed by atoms with van der Waals surface area (Å²) in [5.74, 6) is 0. The standard InChI is InChI=1S/C13H24N2O2/c1-5-8-15(11-16)13(10-17-9-6-2)12(4)14-7-3/h5,7,11-14H,1,3,6,8-10H2,2,4H3. The molecule has 0 radical (unpaired) electrons. The molecule has 0 aliphatic rings. The molecule has 0 heterocycles. The summed E-state index contributed by atoms with van der Waals surface area (Å²) in [5, 5.41) is 3.09. The first-order valence-corrected chi connectivity index (χ1v) is 5.97. The van der Waals surface area contributed by atoms with E-state index in [4.69, 9.17) is 4.74 Å². The van der Waals surface area contributed by atoms with Gasteiger partial charge in [-0.1, -0.05) is 19.6 Å². The van der Waals surface area contributed by atoms with Crippen molar-refractivity contribution in [1.29, 1.82) is 0 Å². The molecule has 0 saturated heterocycles. The summed E-state index contributed by atoms with van der Waals surface area (Å²) in [6, 6.07) is 0.0737. The second-order valence-electron chi connectivity index (χ2n) is 3.89. The Labute approximate surface area is 104 Å². The van der Waals surface area contributed by atoms with Gasteiger partial charge >= 0.3 is 0 Å². The number of nitrogens with one attached hydrogen (secondary N) is 1. The van der Waals surface area contributed by atoms with E-state index in [1.54, 1.807) is 17.2 Å². The summed E-state index contributed by atoms with van der Waals surface area (Å²) in [7, 11) is 0. The first-order chi connectivity index (χ1) is 8.21. The zero-order valence-electron chi connectivity index (χ0n) is 10.9. The molecule has 0 fully saturated rings. The average Bonchev–Trinajstić information content (AvgIpc) is 2.33. The van der Waals surface area contributed by atoms with Gasteiger partial charge in [-0.2, -0.15) is 0 Å². The van der Waals surface area contributed by atoms with Crippen LogP contribution < -0.4 is 5.32 Å². The van der Waals surface area contributed by atoms with E-state index >= 15 is 0 Å². The average molecular weight is 240 g/mol. The Morgan fingerprint density at radius 2 is 2.18 bits per heavy atom. The van der Waals surface area contributed by atoms with Gasteiger partial charge in [0.15, 0.2) is 0 Å². The molecule has 0 rings (SSSR count). The van der Waals surface area contributed by atoms with Crippen molar-refractivity contribution in [1.82, 2.24) is 10.2 Å². The van der Waals surface area contributed by atoms with E-state index in [0.29, 0.717) is 19.8 Å². The zero-order chi connectivity index (χ0) is 13.1. The van der Waals surface area contributed by atoms with Crippen molar-refractivity contribution in [3.63, 3.8) is 0 Å². The Hall–Kier alpha value is -1.29. The highest BCUT2D eigenvalue weighted by atomic mass is 16.5. The molecular formula is C13H24N2O2. The van der Waals surface area contributed by atoms with Gasteiger partial charge in [0.2, 0.25) is 6.41 Å². The normalized spacial score (nSPS) is 13.5. The molecule has 0 saturated carbocycles. The third-order valence-electron chi connectivity index (χ3n) is 2.50. The van der Waals surface area contributed by atoms with Gasteiger partial charge in [-0.3, -0.25) is 4.79 Å². The summed E-state index contributed by atoms with van der Waals surface area (Å²) >= 11 is 0. The van der Waals surface area contributed by atoms with E-state index in [2.05, 4.69) is 25.4 Å². The Bertz CT molecular complexity index is 231. The Morgan fingerprint density at radius 1 is 1.47 bits per heavy atom. The molecule has 0 aliphatic carbocycles. The number of carbonyl (C=O) groups excluding carboxylic acids is 1. The van der Waals surface area contributed by atoms with Crippen LogP contribution in [0, 0.1) is 0 Å². The highest BCUT2D eigenvalue weighted by Crippen LogP contribution is 2.05. The molecule has 4 heteroatoms. The quantitative estimate of drug-likeness (QED) is 0.338. The molecule has 0 aromatic rings. The first-order valence-electron chi connectivity index (χ1n) is 5.97. The number of hydrogen-bond acceptors (Lipinski definition) is 3. The van der Waals surface area contributed by atoms with E-state index in [-0.39, 0.29) is 12.1 Å². The smallest absolute Gasteiger partial charge is 0.210 e. The van der Waals surface area contributed by atoms with E-state index in [1.807, 2.05) is 6.92 Å². The molecule has 0 bridgehead atoms. The number of nitrogens with zero attached hydrogens (tertiary/aromatic N) is 1. The molecule has 0 aromatic heterocycles. The highest BCUT2D eigenvalue weighted by molar-refractivity contribution is 5.48. The monoisotopic (exact) mass is 240 g/mol. The van der Waals surface area contributed by atoms with Gasteiger partial charge in [0.1, 0.15) is 0 Å². The SMILES string of the molecule is C=CCN(C=O)C(COCCC)C(C)NC=C. The van der Waals surface area contributed by atoms with Gasteiger partial charge in [-0.25, -0.2) is 0 Å². The van der Waals surface area contributed by atoms with Gasteiger partial charge in [0.05, 0.1) is 12.6 Å². The van der Waals surface area contributed by atoms with Gasteiger partial charge in [-0.05, 0) is 19.5 Å². The molecule has 2 unspecified atom stereocenters. The summed E-state index contributed by atoms with van der Waals surface area (Å²) in [6.07, 6.45) is 5.15. The Balaban J connectivity index is 4.48. The highest BCUT2D eigenvalue weighted by Gasteiger charge is 2.22. The molecular weight excluding hydrogens is 216 g/mol. The number of carbonyl (C=O) groups is 1. The largest absolute Gasteiger partial charge is 0.387 e. The number of rotatable bonds is 11. The first kappa shape index (κ1) is 15.7. The summed E-state index contributed by atoms with van der Waals surface area (Å²) in [6.45, 7) is 13.1. The maximum atomic E-state index is 11.0. The molecule has 17 heavy (non-hydrogen) atoms. The van der Waals surface area contributed by atoms with Crippen molar-refractivity contribution >= 4 is 6.41 Å². The Kier molecular flexibility index (Phi) is 9.15. The van der Waals surface area contributed by atoms with E-state index in [0.717, 1.165) is 12.8 Å². The molecule has 2 atom stereocenters. The molecule has 1 N–H and O–H groups in total. The second kappa shape index (κ2) is 9.90. The fraction of sp³-hybridized carbons (Fsp3) is 0.615. The molecule has 0 aromatic carbocycles. The minimum Gasteiger partial charge on any atom is -0.387 e. The van der Waals surface area contributed by atoms with E-state index < -0.39 is 0 Å². The van der Waals surface area contributed by atoms with Crippen LogP contribution in [0.15, 0.2) is 25.4 Å². The fourth-order valence-corrected chi connectivity index (χ4v) is 1.58. The van der Waals surface area contributed by atoms with Crippen LogP contribution in [-0.4, -0.2) is 43.2 Å². The minimum atomic E-state index is -0.0185. The van der Waals surface area contributed by atoms with Crippen molar-refractivity contribution < 1.29 is 9.53 Å². The van der Waals surface area contributed by atoms with Crippen molar-refractivity contribution in [2.75, 3.05) is 19.8 Å². The number of amides is 1. The third-order valence-corrected chi connectivity index (χ3v) is 2.50. The van der Waals surface area contributed by atoms with Crippen LogP contribution in [0.4, 0.5) is 0 Å². The number of ether oxygens (including phenoxy) is 1. The maximum Gasteiger partial charge on any atom is 0.210 e. The number of hydrogen-bond donors (Lipinski definition) is 1. The lowest BCUT2D eigenvalue weighted by atomic mass is 10.1. The van der Waals surface area contributed by atoms with Crippen LogP contribution >= 0.6 is 0 Å². The molecule has 98 valence electrons. The second-order valence-corrected chi connectivity index (χ2v) is 3.89. The summed E-state index contributed by atoms with van der Waals surface area (Å²) in [4.78, 5) is 12.7. The lowest BCUT2D eigenvalue weighted by Crippen LogP contribution is -2.49. The molecule has 1 amide bonds. The lowest BCUT2D eigenvalue weighted by molar-refractivity contribution is -0.121. The van der Waals surface area contributed by atoms with Crippen LogP contribution in [0.25, 0.3) is 0 Å². The van der Waals surface area contributed by atoms with Crippen molar-refractivity contribution in [2.45, 2.75) is 32.4 Å². The van der Waals surface area contributed by atoms with Gasteiger partial charge in [-0.15, -0.1) is 6.58 Å². The lowest BCUT2D eigenvalue weighted by Gasteiger charge is -2.32. The summed E-state index contributed by atoms with van der Waals surface area (Å²) in [5.41, 5.74) is 0. The van der Waals surface area contributed by atoms with Crippen molar-refractivity contribution in [3.05, 3.63) is 25.4 Å². The predicted octanol–water partition coefficient (Wildman–Crippen LogP) is 1.55. The van der Waals surface area contributed by atoms with Crippen LogP contribution in [-0.2, 0) is 9.53 Å². The maximum absolute atomic E-state index is 11.0. The van der Waals surface area contributed by atoms with Gasteiger partial charge in [0, 0.05) is 19.2 Å². The van der Waals surface area contributed by atoms with Crippen LogP contribution in [0.3, 0.4) is 0 Å². The zero-order valence-corrected chi connectivity index (χ0v) is 10.9. The van der Waals surface area contributed by atoms with Gasteiger partial charge < -0.3 is 15.0 Å². The third kappa shape index (κ3) is 6.12. The van der Waals surface area contributed by atoms with E-state index in [1.165, 1.54) is 0 Å². The van der Waals surface area contributed by atoms with Crippen molar-refractivity contribution in [3.8, 4) is 0 Å². The van der Waals surface area contributed by atoms with Crippen LogP contribution in [0.5, 0.6) is 0 Å². The predicted molar refractivity (Wildman–Crippen MR) is 70.7 cm³/mol. The van der Waals surface area contributed by atoms with Gasteiger partial charge in [0.25, 0.3) is 0 Å². The van der Waals surface area contributed by atoms with E-state index in [9.17, 15) is 4.79 Å². The summed E-state index contributed by atoms with van der Waals surface area (Å²) < 4.78 is 5.53. The van der Waals surface area contributed by atoms with Crippen LogP contribution in [0.2, 0.25) is 0 Å². The molecule has 0 spiro atoms. The fourth-order valence-electron chi connectivity index (χ4n) is 1.58. The Morgan fingerprint density at radius 3 is 2.65 bits per heavy atom. The molecule has 4 nitrogen and oxygen atoms in total. The van der Waals surface area contributed by atoms with Crippen molar-refractivity contribution in [2.24, 2.45) is 0 Å². The minimum absolute atomic E-state index is 0.0185. The molecule has 0 aliphatic heterocycles. The topological polar surface area (TPSA) is 41.6 Å².